The number of benzene rings is 1. The van der Waals surface area contributed by atoms with Gasteiger partial charge in [0.2, 0.25) is 5.91 Å². The molecule has 4 rings (SSSR count). The number of hydrogen-bond donors (Lipinski definition) is 2. The topological polar surface area (TPSA) is 111 Å². The number of hydrogen-bond acceptors (Lipinski definition) is 6. The molecule has 1 saturated heterocycles. The van der Waals surface area contributed by atoms with Crippen molar-refractivity contribution in [3.05, 3.63) is 41.5 Å². The molecule has 7 nitrogen and oxygen atoms in total. The molecule has 0 bridgehead atoms. The number of aliphatic imine (C=N–C) groups is 1. The van der Waals surface area contributed by atoms with E-state index in [1.54, 1.807) is 12.2 Å². The first-order chi connectivity index (χ1) is 14.6. The Morgan fingerprint density at radius 3 is 2.65 bits per heavy atom. The molecule has 1 unspecified atom stereocenters. The SMILES string of the molecule is N#CC1(NC(=O)[C@@H]2C[C@@H](S(=O)(=O)c3ccc(C4C=CC=N4)cc3C(F)(F)F)CN2)CC1. The zero-order valence-corrected chi connectivity index (χ0v) is 17.0. The highest BCUT2D eigenvalue weighted by Gasteiger charge is 2.48. The zero-order valence-electron chi connectivity index (χ0n) is 16.2. The van der Waals surface area contributed by atoms with E-state index in [9.17, 15) is 26.4 Å². The van der Waals surface area contributed by atoms with Gasteiger partial charge in [0.25, 0.3) is 0 Å². The van der Waals surface area contributed by atoms with Crippen LogP contribution in [0.4, 0.5) is 13.2 Å². The molecule has 1 amide bonds. The van der Waals surface area contributed by atoms with Crippen LogP contribution < -0.4 is 10.6 Å². The second-order valence-electron chi connectivity index (χ2n) is 7.93. The maximum Gasteiger partial charge on any atom is 0.417 e. The number of rotatable bonds is 5. The molecule has 164 valence electrons. The minimum Gasteiger partial charge on any atom is -0.336 e. The van der Waals surface area contributed by atoms with Gasteiger partial charge in [-0.25, -0.2) is 8.42 Å². The number of sulfone groups is 1. The largest absolute Gasteiger partial charge is 0.417 e. The fraction of sp³-hybridized carbons (Fsp3) is 0.450. The molecule has 0 spiro atoms. The van der Waals surface area contributed by atoms with Gasteiger partial charge in [0.05, 0.1) is 33.9 Å². The maximum absolute atomic E-state index is 13.7. The van der Waals surface area contributed by atoms with Gasteiger partial charge >= 0.3 is 6.18 Å². The zero-order chi connectivity index (χ0) is 22.4. The third kappa shape index (κ3) is 4.09. The van der Waals surface area contributed by atoms with Gasteiger partial charge in [-0.3, -0.25) is 9.79 Å². The number of nitrogens with zero attached hydrogens (tertiary/aromatic N) is 2. The summed E-state index contributed by atoms with van der Waals surface area (Å²) in [5.41, 5.74) is -1.91. The summed E-state index contributed by atoms with van der Waals surface area (Å²) in [6.45, 7) is -0.158. The lowest BCUT2D eigenvalue weighted by Crippen LogP contribution is -2.45. The molecule has 1 aromatic carbocycles. The van der Waals surface area contributed by atoms with E-state index in [4.69, 9.17) is 5.26 Å². The number of halogens is 3. The lowest BCUT2D eigenvalue weighted by molar-refractivity contribution is -0.140. The number of amides is 1. The Balaban J connectivity index is 1.58. The van der Waals surface area contributed by atoms with Crippen LogP contribution in [0.15, 0.2) is 40.2 Å². The molecule has 2 fully saturated rings. The summed E-state index contributed by atoms with van der Waals surface area (Å²) < 4.78 is 67.4. The van der Waals surface area contributed by atoms with E-state index in [1.807, 2.05) is 6.07 Å². The highest BCUT2D eigenvalue weighted by Crippen LogP contribution is 2.39. The van der Waals surface area contributed by atoms with Gasteiger partial charge in [-0.05, 0) is 43.0 Å². The maximum atomic E-state index is 13.7. The standard InChI is InChI=1S/C20H19F3N4O3S/c21-20(22,23)14-8-12(15-2-1-7-25-15)3-4-17(14)31(29,30)13-9-16(26-10-13)18(28)27-19(11-24)5-6-19/h1-4,7-8,13,15-16,26H,5-6,9-10H2,(H,27,28)/t13-,15?,16+/m1/s1. The quantitative estimate of drug-likeness (QED) is 0.711. The minimum absolute atomic E-state index is 0.158. The van der Waals surface area contributed by atoms with E-state index in [0.717, 1.165) is 12.1 Å². The summed E-state index contributed by atoms with van der Waals surface area (Å²) in [5, 5.41) is 13.2. The Labute approximate surface area is 177 Å². The van der Waals surface area contributed by atoms with Crippen LogP contribution in [-0.4, -0.2) is 43.9 Å². The van der Waals surface area contributed by atoms with Gasteiger partial charge in [0.1, 0.15) is 5.54 Å². The predicted molar refractivity (Wildman–Crippen MR) is 105 cm³/mol. The molecule has 2 aliphatic heterocycles. The Hall–Kier alpha value is -2.71. The second kappa shape index (κ2) is 7.46. The molecule has 11 heteroatoms. The van der Waals surface area contributed by atoms with Crippen LogP contribution in [0.2, 0.25) is 0 Å². The summed E-state index contributed by atoms with van der Waals surface area (Å²) in [6, 6.07) is 3.65. The first kappa shape index (κ1) is 21.5. The molecular weight excluding hydrogens is 433 g/mol. The average Bonchev–Trinajstić information content (AvgIpc) is 3.15. The van der Waals surface area contributed by atoms with Gasteiger partial charge in [0.15, 0.2) is 9.84 Å². The number of alkyl halides is 3. The Bertz CT molecular complexity index is 1110. The van der Waals surface area contributed by atoms with Crippen LogP contribution in [-0.2, 0) is 20.8 Å². The molecule has 3 aliphatic rings. The number of allylic oxidation sites excluding steroid dienone is 1. The van der Waals surface area contributed by atoms with Gasteiger partial charge in [0, 0.05) is 12.8 Å². The van der Waals surface area contributed by atoms with Crippen LogP contribution in [0.25, 0.3) is 0 Å². The first-order valence-electron chi connectivity index (χ1n) is 9.67. The number of carbonyl (C=O) groups excluding carboxylic acids is 1. The van der Waals surface area contributed by atoms with Gasteiger partial charge in [-0.1, -0.05) is 12.1 Å². The fourth-order valence-corrected chi connectivity index (χ4v) is 5.64. The minimum atomic E-state index is -4.88. The van der Waals surface area contributed by atoms with Crippen molar-refractivity contribution in [1.29, 1.82) is 5.26 Å². The third-order valence-corrected chi connectivity index (χ3v) is 7.96. The van der Waals surface area contributed by atoms with Crippen molar-refractivity contribution >= 4 is 22.0 Å². The number of nitrogens with one attached hydrogen (secondary N) is 2. The highest BCUT2D eigenvalue weighted by atomic mass is 32.2. The monoisotopic (exact) mass is 452 g/mol. The average molecular weight is 452 g/mol. The molecule has 1 aromatic rings. The molecule has 1 saturated carbocycles. The summed E-state index contributed by atoms with van der Waals surface area (Å²) >= 11 is 0. The van der Waals surface area contributed by atoms with Crippen LogP contribution in [0.1, 0.15) is 36.4 Å². The van der Waals surface area contributed by atoms with Crippen molar-refractivity contribution < 1.29 is 26.4 Å². The molecule has 31 heavy (non-hydrogen) atoms. The molecule has 2 N–H and O–H groups in total. The van der Waals surface area contributed by atoms with Crippen molar-refractivity contribution in [3.8, 4) is 6.07 Å². The van der Waals surface area contributed by atoms with Crippen molar-refractivity contribution in [2.45, 2.75) is 53.2 Å². The second-order valence-corrected chi connectivity index (χ2v) is 10.1. The Kier molecular flexibility index (Phi) is 5.18. The van der Waals surface area contributed by atoms with Crippen molar-refractivity contribution in [2.24, 2.45) is 4.99 Å². The summed E-state index contributed by atoms with van der Waals surface area (Å²) in [5.74, 6) is -0.519. The van der Waals surface area contributed by atoms with Crippen LogP contribution in [0.3, 0.4) is 0 Å². The molecule has 0 aromatic heterocycles. The molecule has 3 atom stereocenters. The lowest BCUT2D eigenvalue weighted by atomic mass is 10.0. The van der Waals surface area contributed by atoms with Crippen molar-refractivity contribution in [1.82, 2.24) is 10.6 Å². The van der Waals surface area contributed by atoms with Crippen LogP contribution in [0, 0.1) is 11.3 Å². The number of carbonyl (C=O) groups is 1. The van der Waals surface area contributed by atoms with E-state index >= 15 is 0 Å². The van der Waals surface area contributed by atoms with E-state index in [-0.39, 0.29) is 18.5 Å². The smallest absolute Gasteiger partial charge is 0.336 e. The summed E-state index contributed by atoms with van der Waals surface area (Å²) in [4.78, 5) is 15.6. The fourth-order valence-electron chi connectivity index (χ4n) is 3.78. The molecular formula is C20H19F3N4O3S. The normalized spacial score (nSPS) is 26.6. The lowest BCUT2D eigenvalue weighted by Gasteiger charge is -2.19. The van der Waals surface area contributed by atoms with Crippen molar-refractivity contribution in [2.75, 3.05) is 6.54 Å². The summed E-state index contributed by atoms with van der Waals surface area (Å²) in [6.07, 6.45) is 0.674. The van der Waals surface area contributed by atoms with Crippen LogP contribution in [0.5, 0.6) is 0 Å². The van der Waals surface area contributed by atoms with E-state index in [2.05, 4.69) is 15.6 Å². The van der Waals surface area contributed by atoms with E-state index in [0.29, 0.717) is 12.8 Å². The van der Waals surface area contributed by atoms with Gasteiger partial charge in [-0.2, -0.15) is 18.4 Å². The molecule has 2 heterocycles. The van der Waals surface area contributed by atoms with E-state index in [1.165, 1.54) is 12.3 Å². The summed E-state index contributed by atoms with van der Waals surface area (Å²) in [7, 11) is -4.38. The predicted octanol–water partition coefficient (Wildman–Crippen LogP) is 2.06. The van der Waals surface area contributed by atoms with Crippen molar-refractivity contribution in [3.63, 3.8) is 0 Å². The van der Waals surface area contributed by atoms with Crippen LogP contribution >= 0.6 is 0 Å². The van der Waals surface area contributed by atoms with Gasteiger partial charge in [-0.15, -0.1) is 0 Å². The molecule has 0 radical (unpaired) electrons. The third-order valence-electron chi connectivity index (χ3n) is 5.76. The van der Waals surface area contributed by atoms with Gasteiger partial charge < -0.3 is 10.6 Å². The first-order valence-corrected chi connectivity index (χ1v) is 11.2. The number of nitriles is 1. The Morgan fingerprint density at radius 2 is 2.06 bits per heavy atom. The highest BCUT2D eigenvalue weighted by molar-refractivity contribution is 7.92. The van der Waals surface area contributed by atoms with E-state index < -0.39 is 55.3 Å². The Morgan fingerprint density at radius 1 is 1.32 bits per heavy atom. The molecule has 1 aliphatic carbocycles.